The minimum atomic E-state index is -0.0477. The number of piperidine rings is 2. The molecule has 0 saturated carbocycles. The summed E-state index contributed by atoms with van der Waals surface area (Å²) in [5.74, 6) is 1.45. The van der Waals surface area contributed by atoms with Gasteiger partial charge < -0.3 is 19.3 Å². The molecule has 0 aromatic heterocycles. The van der Waals surface area contributed by atoms with E-state index in [9.17, 15) is 9.59 Å². The molecule has 2 heterocycles. The van der Waals surface area contributed by atoms with E-state index in [1.54, 1.807) is 12.0 Å². The van der Waals surface area contributed by atoms with Crippen LogP contribution in [0, 0.1) is 5.92 Å². The fourth-order valence-corrected chi connectivity index (χ4v) is 4.08. The van der Waals surface area contributed by atoms with Crippen molar-refractivity contribution in [2.75, 3.05) is 39.9 Å². The first-order valence-corrected chi connectivity index (χ1v) is 10.6. The molecule has 6 nitrogen and oxygen atoms in total. The van der Waals surface area contributed by atoms with Crippen LogP contribution in [0.5, 0.6) is 11.5 Å². The molecule has 29 heavy (non-hydrogen) atoms. The van der Waals surface area contributed by atoms with E-state index < -0.39 is 0 Å². The Labute approximate surface area is 173 Å². The Morgan fingerprint density at radius 2 is 1.76 bits per heavy atom. The van der Waals surface area contributed by atoms with Crippen LogP contribution in [-0.2, 0) is 9.59 Å². The zero-order valence-electron chi connectivity index (χ0n) is 17.6. The number of amides is 2. The quantitative estimate of drug-likeness (QED) is 0.735. The van der Waals surface area contributed by atoms with E-state index in [2.05, 4.69) is 0 Å². The number of benzene rings is 1. The number of rotatable bonds is 6. The number of likely N-dealkylation sites (tertiary alicyclic amines) is 2. The molecule has 6 heteroatoms. The summed E-state index contributed by atoms with van der Waals surface area (Å²) >= 11 is 0. The largest absolute Gasteiger partial charge is 0.493 e. The molecule has 0 atom stereocenters. The summed E-state index contributed by atoms with van der Waals surface area (Å²) < 4.78 is 11.1. The van der Waals surface area contributed by atoms with Gasteiger partial charge in [0.05, 0.1) is 7.11 Å². The maximum absolute atomic E-state index is 12.7. The van der Waals surface area contributed by atoms with Crippen LogP contribution in [-0.4, -0.2) is 61.5 Å². The molecule has 2 aliphatic heterocycles. The topological polar surface area (TPSA) is 59.1 Å². The summed E-state index contributed by atoms with van der Waals surface area (Å²) in [6.07, 6.45) is 8.86. The number of methoxy groups -OCH3 is 1. The molecule has 158 valence electrons. The number of hydrogen-bond donors (Lipinski definition) is 0. The van der Waals surface area contributed by atoms with Crippen LogP contribution < -0.4 is 9.47 Å². The summed E-state index contributed by atoms with van der Waals surface area (Å²) in [6.45, 7) is 4.94. The Morgan fingerprint density at radius 1 is 1.03 bits per heavy atom. The molecule has 0 bridgehead atoms. The molecule has 1 aromatic carbocycles. The first-order chi connectivity index (χ1) is 14.1. The molecule has 2 fully saturated rings. The average Bonchev–Trinajstić information content (AvgIpc) is 2.78. The van der Waals surface area contributed by atoms with Gasteiger partial charge in [0, 0.05) is 32.1 Å². The lowest BCUT2D eigenvalue weighted by molar-refractivity contribution is -0.142. The molecule has 0 radical (unpaired) electrons. The van der Waals surface area contributed by atoms with Crippen LogP contribution in [0.4, 0.5) is 0 Å². The predicted molar refractivity (Wildman–Crippen MR) is 113 cm³/mol. The highest BCUT2D eigenvalue weighted by Gasteiger charge is 2.30. The van der Waals surface area contributed by atoms with Crippen LogP contribution in [0.25, 0.3) is 6.08 Å². The molecule has 0 aliphatic carbocycles. The summed E-state index contributed by atoms with van der Waals surface area (Å²) in [7, 11) is 1.59. The smallest absolute Gasteiger partial charge is 0.260 e. The average molecular weight is 401 g/mol. The SMILES string of the molecule is C/C=C/c1ccc(OCC(=O)N2CCC(C(=O)N3CCCCC3)CC2)c(OC)c1. The van der Waals surface area contributed by atoms with Gasteiger partial charge in [-0.25, -0.2) is 0 Å². The summed E-state index contributed by atoms with van der Waals surface area (Å²) in [4.78, 5) is 29.1. The van der Waals surface area contributed by atoms with Gasteiger partial charge in [0.2, 0.25) is 5.91 Å². The number of nitrogens with zero attached hydrogens (tertiary/aromatic N) is 2. The number of ether oxygens (including phenoxy) is 2. The van der Waals surface area contributed by atoms with Gasteiger partial charge in [0.25, 0.3) is 5.91 Å². The first-order valence-electron chi connectivity index (χ1n) is 10.6. The van der Waals surface area contributed by atoms with Gasteiger partial charge in [-0.05, 0) is 56.7 Å². The van der Waals surface area contributed by atoms with Crippen LogP contribution in [0.3, 0.4) is 0 Å². The maximum Gasteiger partial charge on any atom is 0.260 e. The van der Waals surface area contributed by atoms with Gasteiger partial charge in [-0.3, -0.25) is 9.59 Å². The molecule has 0 unspecified atom stereocenters. The Balaban J connectivity index is 1.48. The van der Waals surface area contributed by atoms with Crippen molar-refractivity contribution in [1.29, 1.82) is 0 Å². The van der Waals surface area contributed by atoms with Crippen molar-refractivity contribution in [3.05, 3.63) is 29.8 Å². The maximum atomic E-state index is 12.7. The second-order valence-electron chi connectivity index (χ2n) is 7.74. The number of hydrogen-bond acceptors (Lipinski definition) is 4. The lowest BCUT2D eigenvalue weighted by atomic mass is 9.94. The highest BCUT2D eigenvalue weighted by molar-refractivity contribution is 5.81. The molecule has 2 saturated heterocycles. The van der Waals surface area contributed by atoms with Gasteiger partial charge in [-0.1, -0.05) is 18.2 Å². The fourth-order valence-electron chi connectivity index (χ4n) is 4.08. The zero-order chi connectivity index (χ0) is 20.6. The molecule has 3 rings (SSSR count). The Kier molecular flexibility index (Phi) is 7.55. The van der Waals surface area contributed by atoms with Gasteiger partial charge >= 0.3 is 0 Å². The Bertz CT molecular complexity index is 732. The number of allylic oxidation sites excluding steroid dienone is 1. The van der Waals surface area contributed by atoms with Gasteiger partial charge in [0.1, 0.15) is 0 Å². The van der Waals surface area contributed by atoms with Crippen molar-refractivity contribution in [1.82, 2.24) is 9.80 Å². The van der Waals surface area contributed by atoms with Crippen LogP contribution in [0.2, 0.25) is 0 Å². The van der Waals surface area contributed by atoms with Crippen LogP contribution >= 0.6 is 0 Å². The molecule has 2 amide bonds. The molecular formula is C23H32N2O4. The van der Waals surface area contributed by atoms with E-state index in [1.165, 1.54) is 6.42 Å². The minimum absolute atomic E-state index is 0.0237. The molecule has 0 spiro atoms. The summed E-state index contributed by atoms with van der Waals surface area (Å²) in [5.41, 5.74) is 1.02. The number of carbonyl (C=O) groups is 2. The van der Waals surface area contributed by atoms with Gasteiger partial charge in [0.15, 0.2) is 18.1 Å². The highest BCUT2D eigenvalue weighted by Crippen LogP contribution is 2.29. The number of carbonyl (C=O) groups excluding carboxylic acids is 2. The van der Waals surface area contributed by atoms with E-state index in [0.717, 1.165) is 44.3 Å². The third-order valence-electron chi connectivity index (χ3n) is 5.76. The Hall–Kier alpha value is -2.50. The standard InChI is InChI=1S/C23H32N2O4/c1-3-7-18-8-9-20(21(16-18)28-2)29-17-22(26)24-14-10-19(11-15-24)23(27)25-12-5-4-6-13-25/h3,7-9,16,19H,4-6,10-15,17H2,1-2H3/b7-3+. The molecule has 2 aliphatic rings. The van der Waals surface area contributed by atoms with E-state index in [4.69, 9.17) is 9.47 Å². The van der Waals surface area contributed by atoms with Gasteiger partial charge in [-0.15, -0.1) is 0 Å². The first kappa shape index (κ1) is 21.2. The lowest BCUT2D eigenvalue weighted by Gasteiger charge is -2.35. The van der Waals surface area contributed by atoms with E-state index >= 15 is 0 Å². The van der Waals surface area contributed by atoms with E-state index in [-0.39, 0.29) is 24.3 Å². The van der Waals surface area contributed by atoms with Crippen molar-refractivity contribution >= 4 is 17.9 Å². The third kappa shape index (κ3) is 5.52. The molecule has 1 aromatic rings. The van der Waals surface area contributed by atoms with Crippen molar-refractivity contribution < 1.29 is 19.1 Å². The van der Waals surface area contributed by atoms with Crippen LogP contribution in [0.1, 0.15) is 44.6 Å². The second-order valence-corrected chi connectivity index (χ2v) is 7.74. The normalized spacial score (nSPS) is 18.1. The Morgan fingerprint density at radius 3 is 2.41 bits per heavy atom. The van der Waals surface area contributed by atoms with Crippen molar-refractivity contribution in [2.45, 2.75) is 39.0 Å². The van der Waals surface area contributed by atoms with Crippen molar-refractivity contribution in [2.24, 2.45) is 5.92 Å². The van der Waals surface area contributed by atoms with Crippen molar-refractivity contribution in [3.63, 3.8) is 0 Å². The van der Waals surface area contributed by atoms with E-state index in [0.29, 0.717) is 24.6 Å². The third-order valence-corrected chi connectivity index (χ3v) is 5.76. The van der Waals surface area contributed by atoms with Gasteiger partial charge in [-0.2, -0.15) is 0 Å². The molecule has 0 N–H and O–H groups in total. The molecular weight excluding hydrogens is 368 g/mol. The summed E-state index contributed by atoms with van der Waals surface area (Å²) in [6, 6.07) is 5.64. The lowest BCUT2D eigenvalue weighted by Crippen LogP contribution is -2.46. The summed E-state index contributed by atoms with van der Waals surface area (Å²) in [5, 5.41) is 0. The van der Waals surface area contributed by atoms with Crippen molar-refractivity contribution in [3.8, 4) is 11.5 Å². The van der Waals surface area contributed by atoms with Crippen LogP contribution in [0.15, 0.2) is 24.3 Å². The fraction of sp³-hybridized carbons (Fsp3) is 0.565. The highest BCUT2D eigenvalue weighted by atomic mass is 16.5. The minimum Gasteiger partial charge on any atom is -0.493 e. The predicted octanol–water partition coefficient (Wildman–Crippen LogP) is 3.36. The monoisotopic (exact) mass is 400 g/mol. The second kappa shape index (κ2) is 10.3. The zero-order valence-corrected chi connectivity index (χ0v) is 17.6. The van der Waals surface area contributed by atoms with E-state index in [1.807, 2.05) is 42.2 Å².